The van der Waals surface area contributed by atoms with Gasteiger partial charge in [0.05, 0.1) is 17.3 Å². The van der Waals surface area contributed by atoms with E-state index in [2.05, 4.69) is 10.4 Å². The van der Waals surface area contributed by atoms with Gasteiger partial charge < -0.3 is 10.1 Å². The van der Waals surface area contributed by atoms with Crippen molar-refractivity contribution in [2.45, 2.75) is 6.92 Å². The Hall–Kier alpha value is -2.34. The molecule has 110 valence electrons. The first-order valence-electron chi connectivity index (χ1n) is 6.30. The zero-order valence-corrected chi connectivity index (χ0v) is 12.3. The van der Waals surface area contributed by atoms with Gasteiger partial charge in [-0.05, 0) is 19.1 Å². The minimum absolute atomic E-state index is 0.112. The number of anilines is 1. The van der Waals surface area contributed by atoms with E-state index in [0.717, 1.165) is 0 Å². The molecule has 0 fully saturated rings. The van der Waals surface area contributed by atoms with E-state index in [1.165, 1.54) is 10.7 Å². The molecule has 0 aliphatic rings. The molecule has 6 nitrogen and oxygen atoms in total. The number of ether oxygens (including phenoxy) is 1. The molecule has 0 saturated carbocycles. The van der Waals surface area contributed by atoms with Crippen LogP contribution in [-0.2, 0) is 11.8 Å². The molecule has 0 atom stereocenters. The maximum absolute atomic E-state index is 12.1. The fourth-order valence-corrected chi connectivity index (χ4v) is 1.91. The van der Waals surface area contributed by atoms with Gasteiger partial charge in [-0.25, -0.2) is 4.79 Å². The van der Waals surface area contributed by atoms with Crippen LogP contribution in [0.1, 0.15) is 27.9 Å². The molecule has 1 heterocycles. The molecule has 0 aliphatic heterocycles. The lowest BCUT2D eigenvalue weighted by Gasteiger charge is -2.04. The second-order valence-electron chi connectivity index (χ2n) is 4.19. The molecule has 2 rings (SSSR count). The molecule has 21 heavy (non-hydrogen) atoms. The van der Waals surface area contributed by atoms with E-state index in [9.17, 15) is 9.59 Å². The standard InChI is InChI=1S/C14H14ClN3O3/c1-3-21-14(20)12-8-11(17-18(12)2)13(19)16-10-7-5-4-6-9(10)15/h4-8H,3H2,1-2H3,(H,16,19). The molecule has 0 bridgehead atoms. The molecule has 1 aromatic heterocycles. The van der Waals surface area contributed by atoms with Crippen molar-refractivity contribution in [3.63, 3.8) is 0 Å². The highest BCUT2D eigenvalue weighted by Gasteiger charge is 2.18. The number of esters is 1. The Balaban J connectivity index is 2.19. The van der Waals surface area contributed by atoms with Gasteiger partial charge in [-0.2, -0.15) is 5.10 Å². The fraction of sp³-hybridized carbons (Fsp3) is 0.214. The van der Waals surface area contributed by atoms with Crippen LogP contribution in [0, 0.1) is 0 Å². The Labute approximate surface area is 126 Å². The van der Waals surface area contributed by atoms with E-state index in [1.807, 2.05) is 0 Å². The average Bonchev–Trinajstić information content (AvgIpc) is 2.84. The second kappa shape index (κ2) is 6.41. The number of rotatable bonds is 4. The quantitative estimate of drug-likeness (QED) is 0.881. The van der Waals surface area contributed by atoms with Crippen molar-refractivity contribution in [2.24, 2.45) is 7.05 Å². The smallest absolute Gasteiger partial charge is 0.356 e. The number of nitrogens with one attached hydrogen (secondary N) is 1. The minimum atomic E-state index is -0.524. The van der Waals surface area contributed by atoms with Gasteiger partial charge in [0.1, 0.15) is 5.69 Å². The van der Waals surface area contributed by atoms with Crippen molar-refractivity contribution >= 4 is 29.2 Å². The van der Waals surface area contributed by atoms with Crippen LogP contribution in [0.25, 0.3) is 0 Å². The number of halogens is 1. The summed E-state index contributed by atoms with van der Waals surface area (Å²) in [6.07, 6.45) is 0. The maximum atomic E-state index is 12.1. The summed E-state index contributed by atoms with van der Waals surface area (Å²) >= 11 is 5.97. The van der Waals surface area contributed by atoms with E-state index >= 15 is 0 Å². The normalized spacial score (nSPS) is 10.2. The van der Waals surface area contributed by atoms with Crippen molar-refractivity contribution in [1.29, 1.82) is 0 Å². The summed E-state index contributed by atoms with van der Waals surface area (Å²) in [6, 6.07) is 8.24. The van der Waals surface area contributed by atoms with Crippen molar-refractivity contribution in [3.05, 3.63) is 46.7 Å². The van der Waals surface area contributed by atoms with E-state index in [1.54, 1.807) is 38.2 Å². The third-order valence-electron chi connectivity index (χ3n) is 2.72. The van der Waals surface area contributed by atoms with Crippen molar-refractivity contribution in [2.75, 3.05) is 11.9 Å². The number of aryl methyl sites for hydroxylation is 1. The maximum Gasteiger partial charge on any atom is 0.356 e. The highest BCUT2D eigenvalue weighted by atomic mass is 35.5. The van der Waals surface area contributed by atoms with Crippen LogP contribution in [0.15, 0.2) is 30.3 Å². The van der Waals surface area contributed by atoms with E-state index in [4.69, 9.17) is 16.3 Å². The van der Waals surface area contributed by atoms with E-state index in [0.29, 0.717) is 10.7 Å². The Morgan fingerprint density at radius 1 is 1.38 bits per heavy atom. The lowest BCUT2D eigenvalue weighted by atomic mass is 10.3. The number of hydrogen-bond donors (Lipinski definition) is 1. The summed E-state index contributed by atoms with van der Waals surface area (Å²) in [6.45, 7) is 1.96. The van der Waals surface area contributed by atoms with Crippen LogP contribution in [0.4, 0.5) is 5.69 Å². The summed E-state index contributed by atoms with van der Waals surface area (Å²) in [7, 11) is 1.57. The SMILES string of the molecule is CCOC(=O)c1cc(C(=O)Nc2ccccc2Cl)nn1C. The third kappa shape index (κ3) is 3.41. The lowest BCUT2D eigenvalue weighted by molar-refractivity contribution is 0.0513. The molecule has 0 unspecified atom stereocenters. The Morgan fingerprint density at radius 3 is 2.76 bits per heavy atom. The number of benzene rings is 1. The van der Waals surface area contributed by atoms with E-state index < -0.39 is 11.9 Å². The summed E-state index contributed by atoms with van der Waals surface area (Å²) < 4.78 is 6.19. The average molecular weight is 308 g/mol. The van der Waals surface area contributed by atoms with Gasteiger partial charge in [-0.3, -0.25) is 9.48 Å². The zero-order valence-electron chi connectivity index (χ0n) is 11.6. The Morgan fingerprint density at radius 2 is 2.10 bits per heavy atom. The van der Waals surface area contributed by atoms with E-state index in [-0.39, 0.29) is 18.0 Å². The molecule has 0 aliphatic carbocycles. The van der Waals surface area contributed by atoms with Crippen LogP contribution in [0.3, 0.4) is 0 Å². The zero-order chi connectivity index (χ0) is 15.4. The van der Waals surface area contributed by atoms with Gasteiger partial charge in [0.25, 0.3) is 5.91 Å². The molecular formula is C14H14ClN3O3. The molecule has 0 saturated heterocycles. The first-order chi connectivity index (χ1) is 10.0. The molecule has 0 spiro atoms. The molecule has 7 heteroatoms. The van der Waals surface area contributed by atoms with Crippen LogP contribution in [0.5, 0.6) is 0 Å². The van der Waals surface area contributed by atoms with Gasteiger partial charge >= 0.3 is 5.97 Å². The number of nitrogens with zero attached hydrogens (tertiary/aromatic N) is 2. The number of carbonyl (C=O) groups is 2. The molecule has 2 aromatic rings. The topological polar surface area (TPSA) is 73.2 Å². The van der Waals surface area contributed by atoms with Crippen molar-refractivity contribution < 1.29 is 14.3 Å². The molecule has 1 amide bonds. The molecule has 0 radical (unpaired) electrons. The van der Waals surface area contributed by atoms with Crippen molar-refractivity contribution in [1.82, 2.24) is 9.78 Å². The lowest BCUT2D eigenvalue weighted by Crippen LogP contribution is -2.13. The second-order valence-corrected chi connectivity index (χ2v) is 4.60. The first kappa shape index (κ1) is 15.1. The number of carbonyl (C=O) groups excluding carboxylic acids is 2. The fourth-order valence-electron chi connectivity index (χ4n) is 1.72. The van der Waals surface area contributed by atoms with Crippen LogP contribution < -0.4 is 5.32 Å². The van der Waals surface area contributed by atoms with Gasteiger partial charge in [0.15, 0.2) is 5.69 Å². The number of amides is 1. The predicted octanol–water partition coefficient (Wildman–Crippen LogP) is 2.50. The van der Waals surface area contributed by atoms with Gasteiger partial charge in [0.2, 0.25) is 0 Å². The summed E-state index contributed by atoms with van der Waals surface area (Å²) in [5.74, 6) is -0.974. The van der Waals surface area contributed by atoms with Crippen LogP contribution >= 0.6 is 11.6 Å². The summed E-state index contributed by atoms with van der Waals surface area (Å²) in [5.41, 5.74) is 0.800. The van der Waals surface area contributed by atoms with Gasteiger partial charge in [-0.1, -0.05) is 23.7 Å². The number of para-hydroxylation sites is 1. The molecule has 1 aromatic carbocycles. The largest absolute Gasteiger partial charge is 0.461 e. The minimum Gasteiger partial charge on any atom is -0.461 e. The molecular weight excluding hydrogens is 294 g/mol. The van der Waals surface area contributed by atoms with Crippen LogP contribution in [0.2, 0.25) is 5.02 Å². The van der Waals surface area contributed by atoms with Gasteiger partial charge in [-0.15, -0.1) is 0 Å². The predicted molar refractivity (Wildman–Crippen MR) is 78.6 cm³/mol. The molecule has 1 N–H and O–H groups in total. The third-order valence-corrected chi connectivity index (χ3v) is 3.05. The number of hydrogen-bond acceptors (Lipinski definition) is 4. The summed E-state index contributed by atoms with van der Waals surface area (Å²) in [5, 5.41) is 7.06. The highest BCUT2D eigenvalue weighted by molar-refractivity contribution is 6.33. The Bertz CT molecular complexity index is 682. The highest BCUT2D eigenvalue weighted by Crippen LogP contribution is 2.21. The first-order valence-corrected chi connectivity index (χ1v) is 6.67. The Kier molecular flexibility index (Phi) is 4.59. The van der Waals surface area contributed by atoms with Crippen molar-refractivity contribution in [3.8, 4) is 0 Å². The summed E-state index contributed by atoms with van der Waals surface area (Å²) in [4.78, 5) is 23.8. The monoisotopic (exact) mass is 307 g/mol. The van der Waals surface area contributed by atoms with Gasteiger partial charge in [0, 0.05) is 13.1 Å². The van der Waals surface area contributed by atoms with Crippen LogP contribution in [-0.4, -0.2) is 28.3 Å². The number of aromatic nitrogens is 2.